The Morgan fingerprint density at radius 3 is 2.15 bits per heavy atom. The highest BCUT2D eigenvalue weighted by atomic mass is 16.5. The smallest absolute Gasteiger partial charge is 0.275 e. The van der Waals surface area contributed by atoms with Gasteiger partial charge in [0.2, 0.25) is 0 Å². The van der Waals surface area contributed by atoms with Crippen molar-refractivity contribution >= 4 is 23.1 Å². The van der Waals surface area contributed by atoms with Crippen LogP contribution in [0, 0.1) is 0 Å². The molecule has 27 heavy (non-hydrogen) atoms. The number of hydrogen-bond donors (Lipinski definition) is 2. The lowest BCUT2D eigenvalue weighted by Crippen LogP contribution is -2.14. The number of anilines is 3. The monoisotopic (exact) mass is 362 g/mol. The topological polar surface area (TPSA) is 76.1 Å². The highest BCUT2D eigenvalue weighted by Gasteiger charge is 2.09. The number of benzene rings is 2. The van der Waals surface area contributed by atoms with Crippen molar-refractivity contribution < 1.29 is 9.53 Å². The number of carbonyl (C=O) groups excluding carboxylic acids is 1. The minimum Gasteiger partial charge on any atom is -0.497 e. The van der Waals surface area contributed by atoms with Crippen molar-refractivity contribution in [1.29, 1.82) is 0 Å². The van der Waals surface area contributed by atoms with Crippen molar-refractivity contribution in [3.8, 4) is 5.75 Å². The van der Waals surface area contributed by atoms with E-state index in [0.29, 0.717) is 17.4 Å². The molecule has 6 heteroatoms. The Morgan fingerprint density at radius 1 is 0.926 bits per heavy atom. The molecule has 0 unspecified atom stereocenters. The third-order valence-electron chi connectivity index (χ3n) is 4.08. The molecule has 0 fully saturated rings. The van der Waals surface area contributed by atoms with E-state index in [1.165, 1.54) is 11.8 Å². The number of nitrogens with zero attached hydrogens (tertiary/aromatic N) is 2. The fourth-order valence-electron chi connectivity index (χ4n) is 2.48. The van der Waals surface area contributed by atoms with Gasteiger partial charge in [0.05, 0.1) is 19.5 Å². The molecule has 6 nitrogen and oxygen atoms in total. The lowest BCUT2D eigenvalue weighted by molar-refractivity contribution is 0.102. The van der Waals surface area contributed by atoms with Crippen LogP contribution < -0.4 is 15.4 Å². The minimum atomic E-state index is -0.319. The van der Waals surface area contributed by atoms with E-state index in [1.54, 1.807) is 37.6 Å². The number of aromatic nitrogens is 2. The summed E-state index contributed by atoms with van der Waals surface area (Å²) >= 11 is 0. The van der Waals surface area contributed by atoms with E-state index in [1.807, 2.05) is 12.1 Å². The highest BCUT2D eigenvalue weighted by molar-refractivity contribution is 6.02. The molecule has 0 aliphatic rings. The van der Waals surface area contributed by atoms with Crippen LogP contribution >= 0.6 is 0 Å². The summed E-state index contributed by atoms with van der Waals surface area (Å²) in [6, 6.07) is 15.2. The van der Waals surface area contributed by atoms with Gasteiger partial charge in [-0.05, 0) is 47.9 Å². The lowest BCUT2D eigenvalue weighted by Gasteiger charge is -2.09. The molecule has 3 rings (SSSR count). The Balaban J connectivity index is 1.62. The van der Waals surface area contributed by atoms with E-state index >= 15 is 0 Å². The van der Waals surface area contributed by atoms with E-state index < -0.39 is 0 Å². The first-order valence-corrected chi connectivity index (χ1v) is 8.69. The molecule has 0 saturated heterocycles. The molecule has 0 atom stereocenters. The van der Waals surface area contributed by atoms with Crippen molar-refractivity contribution in [2.45, 2.75) is 19.8 Å². The minimum absolute atomic E-state index is 0.242. The average Bonchev–Trinajstić information content (AvgIpc) is 2.69. The maximum Gasteiger partial charge on any atom is 0.275 e. The molecule has 0 radical (unpaired) electrons. The Labute approximate surface area is 158 Å². The number of nitrogens with one attached hydrogen (secondary N) is 2. The van der Waals surface area contributed by atoms with E-state index in [2.05, 4.69) is 46.6 Å². The number of ether oxygens (including phenoxy) is 1. The first-order valence-electron chi connectivity index (χ1n) is 8.69. The van der Waals surface area contributed by atoms with Crippen molar-refractivity contribution in [3.63, 3.8) is 0 Å². The molecular formula is C21H22N4O2. The molecular weight excluding hydrogens is 340 g/mol. The van der Waals surface area contributed by atoms with Crippen LogP contribution in [-0.4, -0.2) is 23.0 Å². The van der Waals surface area contributed by atoms with Gasteiger partial charge in [0.15, 0.2) is 0 Å². The molecule has 2 N–H and O–H groups in total. The molecule has 0 bridgehead atoms. The number of carbonyl (C=O) groups is 1. The molecule has 0 spiro atoms. The second kappa shape index (κ2) is 8.31. The van der Waals surface area contributed by atoms with E-state index in [-0.39, 0.29) is 11.6 Å². The zero-order chi connectivity index (χ0) is 19.2. The van der Waals surface area contributed by atoms with Gasteiger partial charge in [-0.2, -0.15) is 0 Å². The Bertz CT molecular complexity index is 889. The molecule has 138 valence electrons. The van der Waals surface area contributed by atoms with E-state index in [0.717, 1.165) is 11.4 Å². The number of amides is 1. The maximum atomic E-state index is 12.3. The second-order valence-electron chi connectivity index (χ2n) is 6.37. The normalized spacial score (nSPS) is 10.5. The molecule has 1 amide bonds. The zero-order valence-electron chi connectivity index (χ0n) is 15.6. The largest absolute Gasteiger partial charge is 0.497 e. The van der Waals surface area contributed by atoms with Crippen molar-refractivity contribution in [2.75, 3.05) is 17.7 Å². The first-order chi connectivity index (χ1) is 13.0. The van der Waals surface area contributed by atoms with Gasteiger partial charge in [-0.1, -0.05) is 26.0 Å². The lowest BCUT2D eigenvalue weighted by atomic mass is 10.0. The fourth-order valence-corrected chi connectivity index (χ4v) is 2.48. The van der Waals surface area contributed by atoms with Gasteiger partial charge in [-0.25, -0.2) is 9.97 Å². The average molecular weight is 362 g/mol. The predicted molar refractivity (Wildman–Crippen MR) is 107 cm³/mol. The summed E-state index contributed by atoms with van der Waals surface area (Å²) in [6.45, 7) is 4.31. The molecule has 0 aliphatic heterocycles. The van der Waals surface area contributed by atoms with Crippen LogP contribution in [0.1, 0.15) is 35.8 Å². The Hall–Kier alpha value is -3.41. The predicted octanol–water partition coefficient (Wildman–Crippen LogP) is 4.60. The summed E-state index contributed by atoms with van der Waals surface area (Å²) in [5, 5.41) is 5.96. The standard InChI is InChI=1S/C21H22N4O2/c1-14(2)15-4-6-16(7-5-15)24-20-13-22-19(12-23-20)21(26)25-17-8-10-18(27-3)11-9-17/h4-14H,1-3H3,(H,23,24)(H,25,26). The number of methoxy groups -OCH3 is 1. The third-order valence-corrected chi connectivity index (χ3v) is 4.08. The van der Waals surface area contributed by atoms with E-state index in [4.69, 9.17) is 4.74 Å². The SMILES string of the molecule is COc1ccc(NC(=O)c2cnc(Nc3ccc(C(C)C)cc3)cn2)cc1. The molecule has 0 saturated carbocycles. The van der Waals surface area contributed by atoms with Crippen LogP contribution in [0.2, 0.25) is 0 Å². The second-order valence-corrected chi connectivity index (χ2v) is 6.37. The van der Waals surface area contributed by atoms with Crippen molar-refractivity contribution in [3.05, 3.63) is 72.2 Å². The zero-order valence-corrected chi connectivity index (χ0v) is 15.6. The summed E-state index contributed by atoms with van der Waals surface area (Å²) in [5.74, 6) is 1.47. The van der Waals surface area contributed by atoms with Crippen LogP contribution in [0.5, 0.6) is 5.75 Å². The van der Waals surface area contributed by atoms with Gasteiger partial charge in [-0.3, -0.25) is 4.79 Å². The van der Waals surface area contributed by atoms with Crippen LogP contribution in [0.4, 0.5) is 17.2 Å². The molecule has 1 aromatic heterocycles. The van der Waals surface area contributed by atoms with Gasteiger partial charge < -0.3 is 15.4 Å². The number of hydrogen-bond acceptors (Lipinski definition) is 5. The molecule has 3 aromatic rings. The van der Waals surface area contributed by atoms with Crippen LogP contribution in [-0.2, 0) is 0 Å². The van der Waals surface area contributed by atoms with E-state index in [9.17, 15) is 4.79 Å². The fraction of sp³-hybridized carbons (Fsp3) is 0.190. The summed E-state index contributed by atoms with van der Waals surface area (Å²) in [6.07, 6.45) is 2.99. The Morgan fingerprint density at radius 2 is 1.59 bits per heavy atom. The Kier molecular flexibility index (Phi) is 5.66. The quantitative estimate of drug-likeness (QED) is 0.670. The van der Waals surface area contributed by atoms with Gasteiger partial charge in [0.1, 0.15) is 17.3 Å². The molecule has 2 aromatic carbocycles. The maximum absolute atomic E-state index is 12.3. The molecule has 0 aliphatic carbocycles. The highest BCUT2D eigenvalue weighted by Crippen LogP contribution is 2.20. The first kappa shape index (κ1) is 18.4. The van der Waals surface area contributed by atoms with Gasteiger partial charge in [0.25, 0.3) is 5.91 Å². The van der Waals surface area contributed by atoms with Crippen molar-refractivity contribution in [1.82, 2.24) is 9.97 Å². The summed E-state index contributed by atoms with van der Waals surface area (Å²) < 4.78 is 5.10. The van der Waals surface area contributed by atoms with Gasteiger partial charge in [-0.15, -0.1) is 0 Å². The van der Waals surface area contributed by atoms with Crippen molar-refractivity contribution in [2.24, 2.45) is 0 Å². The van der Waals surface area contributed by atoms with Crippen LogP contribution in [0.15, 0.2) is 60.9 Å². The van der Waals surface area contributed by atoms with Gasteiger partial charge in [0, 0.05) is 11.4 Å². The van der Waals surface area contributed by atoms with Crippen LogP contribution in [0.3, 0.4) is 0 Å². The summed E-state index contributed by atoms with van der Waals surface area (Å²) in [7, 11) is 1.59. The number of rotatable bonds is 6. The summed E-state index contributed by atoms with van der Waals surface area (Å²) in [5.41, 5.74) is 3.10. The third kappa shape index (κ3) is 4.82. The van der Waals surface area contributed by atoms with Gasteiger partial charge >= 0.3 is 0 Å². The summed E-state index contributed by atoms with van der Waals surface area (Å²) in [4.78, 5) is 20.7. The molecule has 1 heterocycles. The van der Waals surface area contributed by atoms with Crippen LogP contribution in [0.25, 0.3) is 0 Å².